The molecule has 0 unspecified atom stereocenters. The third-order valence-electron chi connectivity index (χ3n) is 2.87. The van der Waals surface area contributed by atoms with E-state index in [4.69, 9.17) is 0 Å². The second-order valence-electron chi connectivity index (χ2n) is 5.11. The minimum absolute atomic E-state index is 0.0774. The number of rotatable bonds is 3. The number of anilines is 1. The number of halogens is 4. The first-order valence-corrected chi connectivity index (χ1v) is 7.09. The zero-order chi connectivity index (χ0) is 16.5. The van der Waals surface area contributed by atoms with Crippen LogP contribution in [0.1, 0.15) is 29.9 Å². The molecule has 1 amide bonds. The van der Waals surface area contributed by atoms with Crippen molar-refractivity contribution in [2.45, 2.75) is 19.5 Å². The Bertz CT molecular complexity index is 706. The Balaban J connectivity index is 2.27. The highest BCUT2D eigenvalue weighted by Gasteiger charge is 2.22. The molecule has 0 atom stereocenters. The highest BCUT2D eigenvalue weighted by Crippen LogP contribution is 2.25. The van der Waals surface area contributed by atoms with Gasteiger partial charge >= 0.3 is 0 Å². The first-order chi connectivity index (χ1) is 10.2. The Labute approximate surface area is 133 Å². The van der Waals surface area contributed by atoms with E-state index in [0.717, 1.165) is 6.07 Å². The highest BCUT2D eigenvalue weighted by atomic mass is 79.9. The maximum absolute atomic E-state index is 13.9. The Morgan fingerprint density at radius 2 is 1.95 bits per heavy atom. The number of alkyl halides is 1. The summed E-state index contributed by atoms with van der Waals surface area (Å²) in [5, 5.41) is 2.42. The second kappa shape index (κ2) is 6.08. The molecule has 0 spiro atoms. The van der Waals surface area contributed by atoms with Crippen molar-refractivity contribution in [3.05, 3.63) is 57.8 Å². The smallest absolute Gasteiger partial charge is 0.255 e. The third-order valence-corrected chi connectivity index (χ3v) is 3.45. The fourth-order valence-corrected chi connectivity index (χ4v) is 2.16. The third kappa shape index (κ3) is 3.65. The lowest BCUT2D eigenvalue weighted by atomic mass is 10.0. The van der Waals surface area contributed by atoms with E-state index in [2.05, 4.69) is 26.2 Å². The van der Waals surface area contributed by atoms with Crippen LogP contribution < -0.4 is 5.32 Å². The SMILES string of the molecule is CC(C)(F)c1cc(C(=O)Nc2cc(F)c(F)c(Br)c2)ccn1. The molecule has 1 aromatic heterocycles. The van der Waals surface area contributed by atoms with E-state index >= 15 is 0 Å². The van der Waals surface area contributed by atoms with Crippen molar-refractivity contribution in [2.75, 3.05) is 5.32 Å². The molecule has 2 rings (SSSR count). The van der Waals surface area contributed by atoms with E-state index in [-0.39, 0.29) is 21.4 Å². The second-order valence-corrected chi connectivity index (χ2v) is 5.96. The molecule has 0 fully saturated rings. The fraction of sp³-hybridized carbons (Fsp3) is 0.200. The first-order valence-electron chi connectivity index (χ1n) is 6.30. The van der Waals surface area contributed by atoms with Crippen LogP contribution in [-0.2, 0) is 5.67 Å². The van der Waals surface area contributed by atoms with Crippen LogP contribution in [-0.4, -0.2) is 10.9 Å². The summed E-state index contributed by atoms with van der Waals surface area (Å²) in [6, 6.07) is 4.81. The Hall–Kier alpha value is -1.89. The topological polar surface area (TPSA) is 42.0 Å². The molecule has 1 aromatic carbocycles. The molecule has 116 valence electrons. The number of pyridine rings is 1. The number of hydrogen-bond acceptors (Lipinski definition) is 2. The summed E-state index contributed by atoms with van der Waals surface area (Å²) in [5.74, 6) is -2.71. The first kappa shape index (κ1) is 16.5. The van der Waals surface area contributed by atoms with E-state index in [0.29, 0.717) is 0 Å². The van der Waals surface area contributed by atoms with E-state index in [1.807, 2.05) is 0 Å². The van der Waals surface area contributed by atoms with Gasteiger partial charge in [0.2, 0.25) is 0 Å². The van der Waals surface area contributed by atoms with Crippen molar-refractivity contribution >= 4 is 27.5 Å². The van der Waals surface area contributed by atoms with Crippen LogP contribution >= 0.6 is 15.9 Å². The number of carbonyl (C=O) groups excluding carboxylic acids is 1. The lowest BCUT2D eigenvalue weighted by Gasteiger charge is -2.14. The minimum Gasteiger partial charge on any atom is -0.322 e. The van der Waals surface area contributed by atoms with E-state index in [9.17, 15) is 18.0 Å². The van der Waals surface area contributed by atoms with Crippen molar-refractivity contribution in [1.82, 2.24) is 4.98 Å². The molecule has 0 radical (unpaired) electrons. The Kier molecular flexibility index (Phi) is 4.55. The van der Waals surface area contributed by atoms with Crippen LogP contribution in [0.25, 0.3) is 0 Å². The van der Waals surface area contributed by atoms with E-state index < -0.39 is 23.2 Å². The van der Waals surface area contributed by atoms with Gasteiger partial charge in [0.05, 0.1) is 10.2 Å². The van der Waals surface area contributed by atoms with Gasteiger partial charge in [0.1, 0.15) is 5.67 Å². The monoisotopic (exact) mass is 372 g/mol. The predicted molar refractivity (Wildman–Crippen MR) is 80.4 cm³/mol. The summed E-state index contributed by atoms with van der Waals surface area (Å²) in [4.78, 5) is 16.0. The summed E-state index contributed by atoms with van der Waals surface area (Å²) in [6.45, 7) is 2.65. The average molecular weight is 373 g/mol. The van der Waals surface area contributed by atoms with Crippen molar-refractivity contribution in [2.24, 2.45) is 0 Å². The molecule has 7 heteroatoms. The minimum atomic E-state index is -1.69. The van der Waals surface area contributed by atoms with Gasteiger partial charge in [0.15, 0.2) is 11.6 Å². The lowest BCUT2D eigenvalue weighted by Crippen LogP contribution is -2.16. The quantitative estimate of drug-likeness (QED) is 0.801. The standard InChI is InChI=1S/C15H12BrF3N2O/c1-15(2,19)12-5-8(3-4-20-12)14(22)21-9-6-10(16)13(18)11(17)7-9/h3-7H,1-2H3,(H,21,22). The number of carbonyl (C=O) groups is 1. The van der Waals surface area contributed by atoms with Crippen LogP contribution in [0.15, 0.2) is 34.9 Å². The highest BCUT2D eigenvalue weighted by molar-refractivity contribution is 9.10. The number of nitrogens with zero attached hydrogens (tertiary/aromatic N) is 1. The molecule has 0 aliphatic heterocycles. The van der Waals surface area contributed by atoms with Gasteiger partial charge < -0.3 is 5.32 Å². The summed E-state index contributed by atoms with van der Waals surface area (Å²) in [5.41, 5.74) is -1.35. The summed E-state index contributed by atoms with van der Waals surface area (Å²) in [7, 11) is 0. The number of benzene rings is 1. The van der Waals surface area contributed by atoms with Crippen LogP contribution in [0.4, 0.5) is 18.9 Å². The Morgan fingerprint density at radius 3 is 2.55 bits per heavy atom. The molecular formula is C15H12BrF3N2O. The Morgan fingerprint density at radius 1 is 1.27 bits per heavy atom. The van der Waals surface area contributed by atoms with Gasteiger partial charge in [-0.3, -0.25) is 9.78 Å². The maximum Gasteiger partial charge on any atom is 0.255 e. The van der Waals surface area contributed by atoms with Gasteiger partial charge in [-0.15, -0.1) is 0 Å². The summed E-state index contributed by atoms with van der Waals surface area (Å²) >= 11 is 2.85. The number of hydrogen-bond donors (Lipinski definition) is 1. The van der Waals surface area contributed by atoms with Gasteiger partial charge in [0, 0.05) is 23.5 Å². The van der Waals surface area contributed by atoms with Crippen LogP contribution in [0, 0.1) is 11.6 Å². The van der Waals surface area contributed by atoms with Gasteiger partial charge in [0.25, 0.3) is 5.91 Å². The zero-order valence-electron chi connectivity index (χ0n) is 11.8. The largest absolute Gasteiger partial charge is 0.322 e. The predicted octanol–water partition coefficient (Wildman–Crippen LogP) is 4.58. The van der Waals surface area contributed by atoms with E-state index in [1.54, 1.807) is 0 Å². The van der Waals surface area contributed by atoms with Crippen molar-refractivity contribution in [3.63, 3.8) is 0 Å². The molecule has 0 aliphatic carbocycles. The molecular weight excluding hydrogens is 361 g/mol. The molecule has 2 aromatic rings. The van der Waals surface area contributed by atoms with Gasteiger partial charge in [-0.05, 0) is 48.0 Å². The fourth-order valence-electron chi connectivity index (χ4n) is 1.73. The molecule has 0 saturated carbocycles. The average Bonchev–Trinajstić information content (AvgIpc) is 2.44. The van der Waals surface area contributed by atoms with Crippen molar-refractivity contribution in [3.8, 4) is 0 Å². The zero-order valence-corrected chi connectivity index (χ0v) is 13.3. The lowest BCUT2D eigenvalue weighted by molar-refractivity contribution is 0.102. The molecule has 22 heavy (non-hydrogen) atoms. The van der Waals surface area contributed by atoms with Gasteiger partial charge in [-0.25, -0.2) is 13.2 Å². The van der Waals surface area contributed by atoms with E-state index in [1.165, 1.54) is 38.2 Å². The normalized spacial score (nSPS) is 11.4. The number of amides is 1. The van der Waals surface area contributed by atoms with Crippen molar-refractivity contribution < 1.29 is 18.0 Å². The molecule has 3 nitrogen and oxygen atoms in total. The number of aromatic nitrogens is 1. The molecule has 0 saturated heterocycles. The molecule has 1 heterocycles. The van der Waals surface area contributed by atoms with Crippen molar-refractivity contribution in [1.29, 1.82) is 0 Å². The van der Waals surface area contributed by atoms with Crippen LogP contribution in [0.5, 0.6) is 0 Å². The summed E-state index contributed by atoms with van der Waals surface area (Å²) < 4.78 is 40.2. The summed E-state index contributed by atoms with van der Waals surface area (Å²) in [6.07, 6.45) is 1.31. The molecule has 1 N–H and O–H groups in total. The molecule has 0 bridgehead atoms. The van der Waals surface area contributed by atoms with Crippen LogP contribution in [0.3, 0.4) is 0 Å². The maximum atomic E-state index is 13.9. The van der Waals surface area contributed by atoms with Crippen LogP contribution in [0.2, 0.25) is 0 Å². The molecule has 0 aliphatic rings. The number of nitrogens with one attached hydrogen (secondary N) is 1. The van der Waals surface area contributed by atoms with Gasteiger partial charge in [-0.1, -0.05) is 0 Å². The van der Waals surface area contributed by atoms with Gasteiger partial charge in [-0.2, -0.15) is 0 Å².